The van der Waals surface area contributed by atoms with Crippen LogP contribution in [0.2, 0.25) is 0 Å². The Morgan fingerprint density at radius 3 is 1.33 bits per heavy atom. The number of fused-ring (bicyclic) bond motifs is 15. The molecule has 0 unspecified atom stereocenters. The van der Waals surface area contributed by atoms with E-state index in [0.29, 0.717) is 0 Å². The van der Waals surface area contributed by atoms with Crippen molar-refractivity contribution >= 4 is 76.5 Å². The molecule has 0 N–H and O–H groups in total. The smallest absolute Gasteiger partial charge is 0.0561 e. The van der Waals surface area contributed by atoms with Crippen molar-refractivity contribution in [3.05, 3.63) is 205 Å². The molecule has 0 saturated carbocycles. The Labute approximate surface area is 360 Å². The molecule has 0 aromatic heterocycles. The largest absolute Gasteiger partial charge is 0.309 e. The molecule has 2 aliphatic rings. The topological polar surface area (TPSA) is 6.48 Å². The fraction of sp³-hybridized carbons (Fsp3) is 0.103. The van der Waals surface area contributed by atoms with Crippen LogP contribution in [0.1, 0.15) is 37.5 Å². The summed E-state index contributed by atoms with van der Waals surface area (Å²) in [7, 11) is -1.96. The van der Waals surface area contributed by atoms with E-state index in [9.17, 15) is 0 Å². The van der Waals surface area contributed by atoms with E-state index in [1.807, 2.05) is 0 Å². The molecular formula is C58H46N2S. The summed E-state index contributed by atoms with van der Waals surface area (Å²) < 4.78 is 0. The van der Waals surface area contributed by atoms with Gasteiger partial charge in [0.2, 0.25) is 0 Å². The first-order chi connectivity index (χ1) is 29.7. The summed E-state index contributed by atoms with van der Waals surface area (Å²) in [5.74, 6) is 0. The Kier molecular flexibility index (Phi) is 7.74. The zero-order chi connectivity index (χ0) is 41.2. The number of nitrogens with zero attached hydrogens (tertiary/aromatic N) is 2. The molecule has 0 amide bonds. The zero-order valence-corrected chi connectivity index (χ0v) is 36.0. The first-order valence-electron chi connectivity index (χ1n) is 21.4. The van der Waals surface area contributed by atoms with Crippen molar-refractivity contribution < 1.29 is 0 Å². The molecule has 12 rings (SSSR count). The second kappa shape index (κ2) is 13.1. The fourth-order valence-corrected chi connectivity index (χ4v) is 14.7. The van der Waals surface area contributed by atoms with E-state index in [0.717, 1.165) is 22.7 Å². The Bertz CT molecular complexity index is 3200. The van der Waals surface area contributed by atoms with Crippen LogP contribution in [0, 0.1) is 13.8 Å². The molecule has 10 aromatic rings. The number of para-hydroxylation sites is 2. The number of hydrogen-bond donors (Lipinski definition) is 0. The van der Waals surface area contributed by atoms with E-state index in [1.54, 1.807) is 0 Å². The molecule has 6 bridgehead atoms. The van der Waals surface area contributed by atoms with Gasteiger partial charge < -0.3 is 9.80 Å². The Hall–Kier alpha value is -6.81. The van der Waals surface area contributed by atoms with E-state index in [1.165, 1.54) is 91.1 Å². The van der Waals surface area contributed by atoms with E-state index >= 15 is 0 Å². The summed E-state index contributed by atoms with van der Waals surface area (Å²) in [4.78, 5) is 10.6. The van der Waals surface area contributed by atoms with Crippen molar-refractivity contribution in [1.29, 1.82) is 0 Å². The molecule has 10 aromatic carbocycles. The summed E-state index contributed by atoms with van der Waals surface area (Å²) in [6, 6.07) is 72.0. The molecule has 2 heterocycles. The van der Waals surface area contributed by atoms with Gasteiger partial charge in [-0.1, -0.05) is 142 Å². The van der Waals surface area contributed by atoms with Crippen molar-refractivity contribution in [2.75, 3.05) is 9.80 Å². The van der Waals surface area contributed by atoms with Crippen LogP contribution < -0.4 is 9.80 Å². The minimum Gasteiger partial charge on any atom is -0.309 e. The average molecular weight is 803 g/mol. The van der Waals surface area contributed by atoms with Gasteiger partial charge in [-0.05, 0) is 130 Å². The highest BCUT2D eigenvalue weighted by Crippen LogP contribution is 2.80. The van der Waals surface area contributed by atoms with E-state index < -0.39 is 10.0 Å². The van der Waals surface area contributed by atoms with Crippen LogP contribution in [-0.2, 0) is 5.41 Å². The van der Waals surface area contributed by atoms with Crippen molar-refractivity contribution in [2.24, 2.45) is 0 Å². The molecule has 0 radical (unpaired) electrons. The molecule has 2 aliphatic heterocycles. The van der Waals surface area contributed by atoms with Crippen LogP contribution in [0.3, 0.4) is 0 Å². The van der Waals surface area contributed by atoms with Gasteiger partial charge in [0.05, 0.1) is 11.4 Å². The molecule has 3 heteroatoms. The highest BCUT2D eigenvalue weighted by Gasteiger charge is 2.43. The summed E-state index contributed by atoms with van der Waals surface area (Å²) >= 11 is 0. The van der Waals surface area contributed by atoms with Crippen LogP contribution in [0.4, 0.5) is 34.1 Å². The standard InChI is InChI=1S/C58H46N2S/c1-37-16-6-10-24-50(37)59-42-18-14-20-44(34-42)61(54-26-12-8-22-46(54)47-23-9-13-27-55(47)61)45-21-15-19-43(35-45)60(51-25-11-7-17-38(51)2)53-36-52(59)48-30-28-39-32-41(58(3,4)5)33-40-29-31-49(53)57(48)56(39)40/h6-36H,1-5H3. The summed E-state index contributed by atoms with van der Waals surface area (Å²) in [5, 5.41) is 7.65. The second-order valence-electron chi connectivity index (χ2n) is 17.9. The second-order valence-corrected chi connectivity index (χ2v) is 21.0. The van der Waals surface area contributed by atoms with Gasteiger partial charge in [-0.3, -0.25) is 0 Å². The number of rotatable bonds is 2. The van der Waals surface area contributed by atoms with Crippen molar-refractivity contribution in [3.63, 3.8) is 0 Å². The lowest BCUT2D eigenvalue weighted by Gasteiger charge is -2.41. The van der Waals surface area contributed by atoms with Gasteiger partial charge in [0.15, 0.2) is 0 Å². The first kappa shape index (κ1) is 36.1. The van der Waals surface area contributed by atoms with Crippen molar-refractivity contribution in [3.8, 4) is 11.1 Å². The van der Waals surface area contributed by atoms with E-state index in [2.05, 4.69) is 232 Å². The summed E-state index contributed by atoms with van der Waals surface area (Å²) in [6.45, 7) is 11.5. The minimum absolute atomic E-state index is 0.0214. The Balaban J connectivity index is 1.30. The van der Waals surface area contributed by atoms with Gasteiger partial charge in [-0.2, -0.15) is 0 Å². The maximum Gasteiger partial charge on any atom is 0.0561 e. The summed E-state index contributed by atoms with van der Waals surface area (Å²) in [5.41, 5.74) is 13.4. The molecule has 0 atom stereocenters. The van der Waals surface area contributed by atoms with Crippen LogP contribution in [0.25, 0.3) is 43.4 Å². The van der Waals surface area contributed by atoms with Crippen molar-refractivity contribution in [1.82, 2.24) is 0 Å². The summed E-state index contributed by atoms with van der Waals surface area (Å²) in [6.07, 6.45) is 0. The number of benzene rings is 10. The quantitative estimate of drug-likeness (QED) is 0.161. The average Bonchev–Trinajstić information content (AvgIpc) is 3.58. The number of anilines is 6. The molecule has 0 saturated heterocycles. The highest BCUT2D eigenvalue weighted by atomic mass is 32.3. The first-order valence-corrected chi connectivity index (χ1v) is 23.0. The van der Waals surface area contributed by atoms with Crippen LogP contribution in [0.5, 0.6) is 0 Å². The van der Waals surface area contributed by atoms with Gasteiger partial charge in [-0.15, -0.1) is 10.0 Å². The monoisotopic (exact) mass is 802 g/mol. The van der Waals surface area contributed by atoms with Gasteiger partial charge in [0.1, 0.15) is 0 Å². The SMILES string of the molecule is Cc1ccccc1N1c2cccc(c2)S2(c3cccc(c3)N(c3ccccc3C)c3cc1c1ccc4cc(C(C)(C)C)cc5ccc3c1c45)c1ccccc1-c1ccccc12. The Morgan fingerprint density at radius 1 is 0.393 bits per heavy atom. The van der Waals surface area contributed by atoms with E-state index in [4.69, 9.17) is 0 Å². The number of aryl methyl sites for hydroxylation is 2. The maximum atomic E-state index is 2.56. The molecule has 2 nitrogen and oxygen atoms in total. The lowest BCUT2D eigenvalue weighted by atomic mass is 9.83. The predicted molar refractivity (Wildman–Crippen MR) is 260 cm³/mol. The molecule has 0 aliphatic carbocycles. The van der Waals surface area contributed by atoms with Gasteiger partial charge in [-0.25, -0.2) is 0 Å². The van der Waals surface area contributed by atoms with Gasteiger partial charge >= 0.3 is 0 Å². The van der Waals surface area contributed by atoms with E-state index in [-0.39, 0.29) is 5.41 Å². The normalized spacial score (nSPS) is 14.6. The molecule has 294 valence electrons. The third-order valence-electron chi connectivity index (χ3n) is 13.3. The van der Waals surface area contributed by atoms with Crippen LogP contribution in [0.15, 0.2) is 208 Å². The fourth-order valence-electron chi connectivity index (χ4n) is 10.4. The molecular weight excluding hydrogens is 757 g/mol. The number of hydrogen-bond acceptors (Lipinski definition) is 2. The minimum atomic E-state index is -1.96. The predicted octanol–water partition coefficient (Wildman–Crippen LogP) is 17.1. The third kappa shape index (κ3) is 5.11. The van der Waals surface area contributed by atoms with Crippen LogP contribution >= 0.6 is 10.0 Å². The van der Waals surface area contributed by atoms with Gasteiger partial charge in [0, 0.05) is 58.5 Å². The zero-order valence-electron chi connectivity index (χ0n) is 35.2. The maximum absolute atomic E-state index is 2.56. The molecule has 1 spiro atoms. The lowest BCUT2D eigenvalue weighted by Crippen LogP contribution is -2.17. The van der Waals surface area contributed by atoms with Crippen molar-refractivity contribution in [2.45, 2.75) is 59.6 Å². The lowest BCUT2D eigenvalue weighted by molar-refractivity contribution is 0.591. The van der Waals surface area contributed by atoms with Gasteiger partial charge in [0.25, 0.3) is 0 Å². The molecule has 61 heavy (non-hydrogen) atoms. The third-order valence-corrected chi connectivity index (χ3v) is 17.3. The van der Waals surface area contributed by atoms with Crippen LogP contribution in [-0.4, -0.2) is 0 Å². The Morgan fingerprint density at radius 2 is 0.852 bits per heavy atom. The highest BCUT2D eigenvalue weighted by molar-refractivity contribution is 8.34. The molecule has 0 fully saturated rings.